The van der Waals surface area contributed by atoms with Crippen LogP contribution < -0.4 is 0 Å². The van der Waals surface area contributed by atoms with Gasteiger partial charge in [-0.25, -0.2) is 8.42 Å². The molecule has 0 bridgehead atoms. The fourth-order valence-electron chi connectivity index (χ4n) is 1.34. The van der Waals surface area contributed by atoms with Crippen LogP contribution >= 0.6 is 23.2 Å². The summed E-state index contributed by atoms with van der Waals surface area (Å²) in [6.45, 7) is 1.78. The Kier molecular flexibility index (Phi) is 5.00. The first kappa shape index (κ1) is 15.3. The van der Waals surface area contributed by atoms with Gasteiger partial charge in [0, 0.05) is 13.6 Å². The second kappa shape index (κ2) is 5.89. The van der Waals surface area contributed by atoms with Gasteiger partial charge in [-0.2, -0.15) is 9.57 Å². The van der Waals surface area contributed by atoms with Crippen LogP contribution in [0.3, 0.4) is 0 Å². The van der Waals surface area contributed by atoms with E-state index in [0.29, 0.717) is 5.02 Å². The van der Waals surface area contributed by atoms with Gasteiger partial charge in [0.05, 0.1) is 26.9 Å². The standard InChI is InChI=1S/C11H12Cl2N2O2S/c1-8(6-14)7-15(2)18(16,17)9-3-4-10(12)11(13)5-9/h3-5,8H,7H2,1-2H3. The van der Waals surface area contributed by atoms with Crippen LogP contribution in [0.1, 0.15) is 6.92 Å². The maximum atomic E-state index is 12.2. The van der Waals surface area contributed by atoms with E-state index < -0.39 is 10.0 Å². The Morgan fingerprint density at radius 3 is 2.50 bits per heavy atom. The molecule has 98 valence electrons. The first-order valence-electron chi connectivity index (χ1n) is 5.10. The Hall–Kier alpha value is -0.800. The van der Waals surface area contributed by atoms with Gasteiger partial charge in [-0.1, -0.05) is 23.2 Å². The van der Waals surface area contributed by atoms with Gasteiger partial charge in [0.15, 0.2) is 0 Å². The summed E-state index contributed by atoms with van der Waals surface area (Å²) in [6.07, 6.45) is 0. The predicted octanol–water partition coefficient (Wildman–Crippen LogP) is 2.77. The van der Waals surface area contributed by atoms with Gasteiger partial charge in [-0.05, 0) is 25.1 Å². The van der Waals surface area contributed by atoms with Crippen LogP contribution in [0.2, 0.25) is 10.0 Å². The number of rotatable bonds is 4. The van der Waals surface area contributed by atoms with Crippen LogP contribution in [0.25, 0.3) is 0 Å². The number of nitrogens with zero attached hydrogens (tertiary/aromatic N) is 2. The molecule has 4 nitrogen and oxygen atoms in total. The number of hydrogen-bond acceptors (Lipinski definition) is 3. The first-order chi connectivity index (χ1) is 8.28. The van der Waals surface area contributed by atoms with E-state index in [2.05, 4.69) is 0 Å². The van der Waals surface area contributed by atoms with E-state index in [1.807, 2.05) is 6.07 Å². The van der Waals surface area contributed by atoms with E-state index in [0.717, 1.165) is 4.31 Å². The quantitative estimate of drug-likeness (QED) is 0.859. The Balaban J connectivity index is 3.06. The Labute approximate surface area is 117 Å². The average Bonchev–Trinajstić information content (AvgIpc) is 2.32. The molecule has 0 N–H and O–H groups in total. The molecule has 0 aliphatic carbocycles. The number of halogens is 2. The van der Waals surface area contributed by atoms with Crippen molar-refractivity contribution in [3.63, 3.8) is 0 Å². The zero-order valence-corrected chi connectivity index (χ0v) is 12.2. The zero-order valence-electron chi connectivity index (χ0n) is 9.89. The summed E-state index contributed by atoms with van der Waals surface area (Å²) in [6, 6.07) is 6.10. The Morgan fingerprint density at radius 1 is 1.39 bits per heavy atom. The van der Waals surface area contributed by atoms with Crippen molar-refractivity contribution in [3.05, 3.63) is 28.2 Å². The molecule has 0 fully saturated rings. The van der Waals surface area contributed by atoms with Gasteiger partial charge in [0.25, 0.3) is 0 Å². The Bertz CT molecular complexity index is 581. The van der Waals surface area contributed by atoms with E-state index in [4.69, 9.17) is 28.5 Å². The molecular weight excluding hydrogens is 295 g/mol. The van der Waals surface area contributed by atoms with Gasteiger partial charge in [0.1, 0.15) is 0 Å². The van der Waals surface area contributed by atoms with Crippen LogP contribution in [-0.2, 0) is 10.0 Å². The molecule has 1 atom stereocenters. The molecule has 1 rings (SSSR count). The lowest BCUT2D eigenvalue weighted by Gasteiger charge is -2.18. The zero-order chi connectivity index (χ0) is 13.9. The fraction of sp³-hybridized carbons (Fsp3) is 0.364. The number of sulfonamides is 1. The molecular formula is C11H12Cl2N2O2S. The van der Waals surface area contributed by atoms with Gasteiger partial charge >= 0.3 is 0 Å². The van der Waals surface area contributed by atoms with E-state index in [9.17, 15) is 8.42 Å². The third-order valence-corrected chi connectivity index (χ3v) is 4.91. The molecule has 0 amide bonds. The van der Waals surface area contributed by atoms with Gasteiger partial charge < -0.3 is 0 Å². The fourth-order valence-corrected chi connectivity index (χ4v) is 2.99. The summed E-state index contributed by atoms with van der Waals surface area (Å²) in [5.74, 6) is -0.382. The van der Waals surface area contributed by atoms with Crippen LogP contribution in [-0.4, -0.2) is 26.3 Å². The van der Waals surface area contributed by atoms with Crippen molar-refractivity contribution in [2.75, 3.05) is 13.6 Å². The van der Waals surface area contributed by atoms with E-state index >= 15 is 0 Å². The molecule has 0 spiro atoms. The highest BCUT2D eigenvalue weighted by Gasteiger charge is 2.22. The maximum absolute atomic E-state index is 12.2. The number of hydrogen-bond donors (Lipinski definition) is 0. The van der Waals surface area contributed by atoms with Crippen molar-refractivity contribution >= 4 is 33.2 Å². The van der Waals surface area contributed by atoms with E-state index in [1.54, 1.807) is 6.92 Å². The van der Waals surface area contributed by atoms with Crippen LogP contribution in [0.15, 0.2) is 23.1 Å². The van der Waals surface area contributed by atoms with Gasteiger partial charge in [-0.15, -0.1) is 0 Å². The van der Waals surface area contributed by atoms with E-state index in [1.165, 1.54) is 25.2 Å². The predicted molar refractivity (Wildman–Crippen MR) is 71.1 cm³/mol. The second-order valence-corrected chi connectivity index (χ2v) is 6.75. The highest BCUT2D eigenvalue weighted by molar-refractivity contribution is 7.89. The highest BCUT2D eigenvalue weighted by Crippen LogP contribution is 2.26. The summed E-state index contributed by atoms with van der Waals surface area (Å²) < 4.78 is 25.4. The normalized spacial score (nSPS) is 13.3. The third-order valence-electron chi connectivity index (χ3n) is 2.35. The summed E-state index contributed by atoms with van der Waals surface area (Å²) in [4.78, 5) is 0.0598. The van der Waals surface area contributed by atoms with Crippen molar-refractivity contribution in [3.8, 4) is 6.07 Å². The summed E-state index contributed by atoms with van der Waals surface area (Å²) in [7, 11) is -2.22. The minimum atomic E-state index is -3.64. The van der Waals surface area contributed by atoms with Crippen LogP contribution in [0.4, 0.5) is 0 Å². The molecule has 0 aromatic heterocycles. The molecule has 0 saturated heterocycles. The van der Waals surface area contributed by atoms with Crippen molar-refractivity contribution in [2.45, 2.75) is 11.8 Å². The molecule has 0 saturated carbocycles. The average molecular weight is 307 g/mol. The third kappa shape index (κ3) is 3.36. The van der Waals surface area contributed by atoms with Crippen LogP contribution in [0, 0.1) is 17.2 Å². The lowest BCUT2D eigenvalue weighted by atomic mass is 10.2. The smallest absolute Gasteiger partial charge is 0.207 e. The maximum Gasteiger partial charge on any atom is 0.242 e. The molecule has 7 heteroatoms. The monoisotopic (exact) mass is 306 g/mol. The van der Waals surface area contributed by atoms with Crippen molar-refractivity contribution < 1.29 is 8.42 Å². The van der Waals surface area contributed by atoms with Crippen molar-refractivity contribution in [1.82, 2.24) is 4.31 Å². The summed E-state index contributed by atoms with van der Waals surface area (Å²) in [5, 5.41) is 9.17. The number of nitriles is 1. The van der Waals surface area contributed by atoms with Crippen molar-refractivity contribution in [1.29, 1.82) is 5.26 Å². The summed E-state index contributed by atoms with van der Waals surface area (Å²) in [5.41, 5.74) is 0. The Morgan fingerprint density at radius 2 is 2.00 bits per heavy atom. The van der Waals surface area contributed by atoms with Crippen LogP contribution in [0.5, 0.6) is 0 Å². The minimum absolute atomic E-state index is 0.0598. The molecule has 1 aromatic carbocycles. The number of benzene rings is 1. The van der Waals surface area contributed by atoms with Crippen molar-refractivity contribution in [2.24, 2.45) is 5.92 Å². The molecule has 0 aliphatic heterocycles. The molecule has 0 aliphatic rings. The lowest BCUT2D eigenvalue weighted by molar-refractivity contribution is 0.439. The second-order valence-electron chi connectivity index (χ2n) is 3.89. The highest BCUT2D eigenvalue weighted by atomic mass is 35.5. The molecule has 0 radical (unpaired) electrons. The molecule has 0 heterocycles. The molecule has 1 unspecified atom stereocenters. The SMILES string of the molecule is CC(C#N)CN(C)S(=O)(=O)c1ccc(Cl)c(Cl)c1. The first-order valence-corrected chi connectivity index (χ1v) is 7.29. The topological polar surface area (TPSA) is 61.2 Å². The lowest BCUT2D eigenvalue weighted by Crippen LogP contribution is -2.30. The van der Waals surface area contributed by atoms with Gasteiger partial charge in [0.2, 0.25) is 10.0 Å². The molecule has 1 aromatic rings. The largest absolute Gasteiger partial charge is 0.242 e. The summed E-state index contributed by atoms with van der Waals surface area (Å²) >= 11 is 11.5. The molecule has 18 heavy (non-hydrogen) atoms. The minimum Gasteiger partial charge on any atom is -0.207 e. The van der Waals surface area contributed by atoms with E-state index in [-0.39, 0.29) is 22.4 Å². The van der Waals surface area contributed by atoms with Gasteiger partial charge in [-0.3, -0.25) is 0 Å².